The molecule has 2 aromatic carbocycles. The maximum atomic E-state index is 5.44. The fraction of sp³-hybridized carbons (Fsp3) is 0.118. The Bertz CT molecular complexity index is 812. The van der Waals surface area contributed by atoms with E-state index in [0.717, 1.165) is 17.6 Å². The van der Waals surface area contributed by atoms with Crippen molar-refractivity contribution in [3.8, 4) is 0 Å². The van der Waals surface area contributed by atoms with Crippen LogP contribution in [0.5, 0.6) is 0 Å². The van der Waals surface area contributed by atoms with Gasteiger partial charge in [-0.15, -0.1) is 0 Å². The topological polar surface area (TPSA) is 43.1 Å². The number of aromatic nitrogens is 1. The van der Waals surface area contributed by atoms with Crippen LogP contribution in [0.25, 0.3) is 10.9 Å². The molecule has 4 nitrogen and oxygen atoms in total. The van der Waals surface area contributed by atoms with E-state index in [0.29, 0.717) is 5.11 Å². The highest BCUT2D eigenvalue weighted by Crippen LogP contribution is 2.24. The Labute approximate surface area is 134 Å². The van der Waals surface area contributed by atoms with Crippen molar-refractivity contribution >= 4 is 33.9 Å². The number of hydrazine groups is 1. The first kappa shape index (κ1) is 13.3. The van der Waals surface area contributed by atoms with Crippen LogP contribution in [0.1, 0.15) is 5.56 Å². The molecule has 0 amide bonds. The number of fused-ring (bicyclic) bond motifs is 1. The number of para-hydroxylation sites is 2. The average Bonchev–Trinajstić information content (AvgIpc) is 3.13. The highest BCUT2D eigenvalue weighted by molar-refractivity contribution is 7.80. The zero-order valence-electron chi connectivity index (χ0n) is 11.9. The Morgan fingerprint density at radius 2 is 1.77 bits per heavy atom. The van der Waals surface area contributed by atoms with Gasteiger partial charge in [0.15, 0.2) is 5.11 Å². The van der Waals surface area contributed by atoms with E-state index in [1.807, 2.05) is 24.3 Å². The second-order valence-corrected chi connectivity index (χ2v) is 5.75. The lowest BCUT2D eigenvalue weighted by molar-refractivity contribution is 0.556. The van der Waals surface area contributed by atoms with Crippen LogP contribution in [0.3, 0.4) is 0 Å². The van der Waals surface area contributed by atoms with Crippen molar-refractivity contribution < 1.29 is 0 Å². The summed E-state index contributed by atoms with van der Waals surface area (Å²) in [7, 11) is 0. The molecule has 0 spiro atoms. The van der Waals surface area contributed by atoms with E-state index in [-0.39, 0.29) is 6.17 Å². The molecule has 1 aliphatic heterocycles. The van der Waals surface area contributed by atoms with E-state index in [9.17, 15) is 0 Å². The van der Waals surface area contributed by atoms with Crippen LogP contribution in [-0.4, -0.2) is 16.3 Å². The van der Waals surface area contributed by atoms with E-state index < -0.39 is 0 Å². The van der Waals surface area contributed by atoms with E-state index in [2.05, 4.69) is 57.3 Å². The molecule has 3 aromatic rings. The molecule has 2 heterocycles. The van der Waals surface area contributed by atoms with E-state index in [4.69, 9.17) is 12.2 Å². The van der Waals surface area contributed by atoms with Gasteiger partial charge in [-0.05, 0) is 36.0 Å². The van der Waals surface area contributed by atoms with Crippen LogP contribution >= 0.6 is 12.2 Å². The Balaban J connectivity index is 1.66. The lowest BCUT2D eigenvalue weighted by Crippen LogP contribution is -2.39. The third kappa shape index (κ3) is 2.24. The molecule has 0 aliphatic carbocycles. The molecule has 1 unspecified atom stereocenters. The minimum atomic E-state index is 0.0918. The molecule has 1 fully saturated rings. The first-order chi connectivity index (χ1) is 10.8. The number of H-pyrrole nitrogens is 1. The minimum Gasteiger partial charge on any atom is -0.361 e. The number of nitrogens with zero attached hydrogens (tertiary/aromatic N) is 1. The molecule has 1 atom stereocenters. The molecule has 22 heavy (non-hydrogen) atoms. The van der Waals surface area contributed by atoms with Gasteiger partial charge in [0, 0.05) is 29.2 Å². The summed E-state index contributed by atoms with van der Waals surface area (Å²) >= 11 is 5.44. The van der Waals surface area contributed by atoms with Gasteiger partial charge in [-0.25, -0.2) is 5.43 Å². The summed E-state index contributed by atoms with van der Waals surface area (Å²) in [6.07, 6.45) is 3.03. The van der Waals surface area contributed by atoms with Crippen molar-refractivity contribution in [1.82, 2.24) is 15.8 Å². The van der Waals surface area contributed by atoms with Crippen molar-refractivity contribution in [2.45, 2.75) is 12.6 Å². The molecule has 1 aliphatic rings. The zero-order chi connectivity index (χ0) is 14.9. The number of hydrogen-bond acceptors (Lipinski definition) is 2. The third-order valence-corrected chi connectivity index (χ3v) is 4.30. The predicted octanol–water partition coefficient (Wildman–Crippen LogP) is 2.94. The summed E-state index contributed by atoms with van der Waals surface area (Å²) in [5.41, 5.74) is 9.89. The average molecular weight is 308 g/mol. The Morgan fingerprint density at radius 1 is 1.00 bits per heavy atom. The van der Waals surface area contributed by atoms with Crippen LogP contribution < -0.4 is 15.8 Å². The number of rotatable bonds is 3. The van der Waals surface area contributed by atoms with Crippen LogP contribution in [-0.2, 0) is 6.42 Å². The summed E-state index contributed by atoms with van der Waals surface area (Å²) < 4.78 is 0. The summed E-state index contributed by atoms with van der Waals surface area (Å²) in [6.45, 7) is 0. The molecule has 4 rings (SSSR count). The number of anilines is 1. The van der Waals surface area contributed by atoms with Crippen molar-refractivity contribution in [2.24, 2.45) is 0 Å². The number of aromatic amines is 1. The quantitative estimate of drug-likeness (QED) is 0.651. The largest absolute Gasteiger partial charge is 0.361 e. The first-order valence-electron chi connectivity index (χ1n) is 7.28. The van der Waals surface area contributed by atoms with Gasteiger partial charge in [0.05, 0.1) is 0 Å². The standard InChI is InChI=1S/C17H16N4S/c22-17-20-19-16(21(17)13-6-2-1-3-7-13)10-12-11-18-15-9-5-4-8-14(12)15/h1-9,11,16,18-19H,10H2,(H,20,22). The lowest BCUT2D eigenvalue weighted by atomic mass is 10.1. The summed E-state index contributed by atoms with van der Waals surface area (Å²) in [4.78, 5) is 5.45. The van der Waals surface area contributed by atoms with Crippen LogP contribution in [0.4, 0.5) is 5.69 Å². The van der Waals surface area contributed by atoms with Crippen LogP contribution in [0.2, 0.25) is 0 Å². The third-order valence-electron chi connectivity index (χ3n) is 4.00. The van der Waals surface area contributed by atoms with Crippen molar-refractivity contribution in [3.05, 3.63) is 66.4 Å². The second kappa shape index (κ2) is 5.44. The van der Waals surface area contributed by atoms with Gasteiger partial charge in [0.1, 0.15) is 6.17 Å². The number of hydrogen-bond donors (Lipinski definition) is 3. The Hall–Kier alpha value is -2.37. The van der Waals surface area contributed by atoms with Gasteiger partial charge in [-0.2, -0.15) is 0 Å². The van der Waals surface area contributed by atoms with Crippen molar-refractivity contribution in [1.29, 1.82) is 0 Å². The smallest absolute Gasteiger partial charge is 0.189 e. The van der Waals surface area contributed by atoms with Crippen LogP contribution in [0.15, 0.2) is 60.8 Å². The maximum Gasteiger partial charge on any atom is 0.189 e. The molecule has 0 radical (unpaired) electrons. The van der Waals surface area contributed by atoms with Gasteiger partial charge in [-0.1, -0.05) is 36.4 Å². The molecule has 0 bridgehead atoms. The molecule has 1 saturated heterocycles. The SMILES string of the molecule is S=C1NNC(Cc2c[nH]c3ccccc23)N1c1ccccc1. The minimum absolute atomic E-state index is 0.0918. The lowest BCUT2D eigenvalue weighted by Gasteiger charge is -2.24. The van der Waals surface area contributed by atoms with Crippen LogP contribution in [0, 0.1) is 0 Å². The monoisotopic (exact) mass is 308 g/mol. The highest BCUT2D eigenvalue weighted by Gasteiger charge is 2.29. The molecule has 0 saturated carbocycles. The predicted molar refractivity (Wildman–Crippen MR) is 93.6 cm³/mol. The fourth-order valence-electron chi connectivity index (χ4n) is 2.95. The highest BCUT2D eigenvalue weighted by atomic mass is 32.1. The van der Waals surface area contributed by atoms with Gasteiger partial charge in [-0.3, -0.25) is 10.3 Å². The van der Waals surface area contributed by atoms with Crippen molar-refractivity contribution in [3.63, 3.8) is 0 Å². The first-order valence-corrected chi connectivity index (χ1v) is 7.68. The summed E-state index contributed by atoms with van der Waals surface area (Å²) in [5, 5.41) is 1.96. The summed E-state index contributed by atoms with van der Waals surface area (Å²) in [5.74, 6) is 0. The molecule has 110 valence electrons. The zero-order valence-corrected chi connectivity index (χ0v) is 12.7. The van der Waals surface area contributed by atoms with Gasteiger partial charge in [0.25, 0.3) is 0 Å². The molecular formula is C17H16N4S. The number of thiocarbonyl (C=S) groups is 1. The summed E-state index contributed by atoms with van der Waals surface area (Å²) in [6, 6.07) is 18.6. The molecule has 3 N–H and O–H groups in total. The normalized spacial score (nSPS) is 17.9. The molecular weight excluding hydrogens is 292 g/mol. The second-order valence-electron chi connectivity index (χ2n) is 5.36. The fourth-order valence-corrected chi connectivity index (χ4v) is 3.24. The Morgan fingerprint density at radius 3 is 2.64 bits per heavy atom. The van der Waals surface area contributed by atoms with E-state index in [1.165, 1.54) is 10.9 Å². The van der Waals surface area contributed by atoms with E-state index in [1.54, 1.807) is 0 Å². The Kier molecular flexibility index (Phi) is 3.29. The maximum absolute atomic E-state index is 5.44. The van der Waals surface area contributed by atoms with Gasteiger partial charge >= 0.3 is 0 Å². The van der Waals surface area contributed by atoms with Gasteiger partial charge < -0.3 is 4.98 Å². The molecule has 5 heteroatoms. The number of benzene rings is 2. The van der Waals surface area contributed by atoms with Gasteiger partial charge in [0.2, 0.25) is 0 Å². The van der Waals surface area contributed by atoms with E-state index >= 15 is 0 Å². The van der Waals surface area contributed by atoms with Crippen molar-refractivity contribution in [2.75, 3.05) is 4.90 Å². The molecule has 1 aromatic heterocycles. The number of nitrogens with one attached hydrogen (secondary N) is 3.